The van der Waals surface area contributed by atoms with Crippen LogP contribution in [0.2, 0.25) is 0 Å². The van der Waals surface area contributed by atoms with Crippen molar-refractivity contribution in [3.8, 4) is 11.3 Å². The average molecular weight is 525 g/mol. The molecule has 0 unspecified atom stereocenters. The van der Waals surface area contributed by atoms with Crippen LogP contribution in [-0.2, 0) is 13.1 Å². The molecule has 0 atom stereocenters. The molecule has 0 aliphatic heterocycles. The Morgan fingerprint density at radius 3 is 2.24 bits per heavy atom. The second-order valence-corrected chi connectivity index (χ2v) is 11.2. The maximum Gasteiger partial charge on any atom is 0.185 e. The van der Waals surface area contributed by atoms with Crippen molar-refractivity contribution in [1.29, 1.82) is 0 Å². The van der Waals surface area contributed by atoms with Crippen LogP contribution < -0.4 is 14.9 Å². The third-order valence-electron chi connectivity index (χ3n) is 7.49. The number of hydrogen-bond donors (Lipinski definition) is 0. The first-order chi connectivity index (χ1) is 18.5. The topological polar surface area (TPSA) is 59.5 Å². The van der Waals surface area contributed by atoms with Crippen LogP contribution in [0.4, 0.5) is 10.8 Å². The number of thiazole rings is 1. The Bertz CT molecular complexity index is 1360. The summed E-state index contributed by atoms with van der Waals surface area (Å²) in [5.41, 5.74) is 7.24. The molecule has 4 aromatic rings. The highest BCUT2D eigenvalue weighted by molar-refractivity contribution is 7.14. The molecular formula is C32H34N3O2S-. The monoisotopic (exact) mass is 524 g/mol. The summed E-state index contributed by atoms with van der Waals surface area (Å²) in [6.45, 7) is 1.50. The molecule has 1 heterocycles. The van der Waals surface area contributed by atoms with Crippen LogP contribution >= 0.6 is 11.3 Å². The van der Waals surface area contributed by atoms with Gasteiger partial charge < -0.3 is 19.7 Å². The number of carbonyl (C=O) groups excluding carboxylic acids is 1. The second-order valence-electron chi connectivity index (χ2n) is 10.3. The van der Waals surface area contributed by atoms with E-state index in [1.807, 2.05) is 19.2 Å². The molecule has 1 saturated carbocycles. The van der Waals surface area contributed by atoms with Gasteiger partial charge in [0.2, 0.25) is 0 Å². The Labute approximate surface area is 229 Å². The third-order valence-corrected chi connectivity index (χ3v) is 8.44. The standard InChI is InChI=1S/C32H35N3O2S/c1-34(20-23-11-15-26(16-12-23)25-7-4-3-5-8-25)29-10-6-9-28(19-29)30-22-38-32(33-30)35(2)21-24-13-17-27(18-14-24)31(36)37/h6,9-19,22,25H,3-5,7-8,20-21H2,1-2H3,(H,36,37)/p-1. The van der Waals surface area contributed by atoms with Crippen LogP contribution in [0, 0.1) is 0 Å². The minimum atomic E-state index is -1.16. The van der Waals surface area contributed by atoms with Gasteiger partial charge in [0.05, 0.1) is 11.7 Å². The summed E-state index contributed by atoms with van der Waals surface area (Å²) in [5.74, 6) is -0.417. The molecule has 0 bridgehead atoms. The van der Waals surface area contributed by atoms with E-state index in [1.165, 1.54) is 43.2 Å². The predicted octanol–water partition coefficient (Wildman–Crippen LogP) is 6.49. The van der Waals surface area contributed by atoms with E-state index in [0.717, 1.165) is 40.1 Å². The fourth-order valence-electron chi connectivity index (χ4n) is 5.26. The molecule has 1 aromatic heterocycles. The van der Waals surface area contributed by atoms with Gasteiger partial charge in [-0.05, 0) is 53.1 Å². The number of carboxylic acids is 1. The van der Waals surface area contributed by atoms with Crippen molar-refractivity contribution in [2.24, 2.45) is 0 Å². The van der Waals surface area contributed by atoms with Crippen LogP contribution in [0.5, 0.6) is 0 Å². The smallest absolute Gasteiger partial charge is 0.185 e. The van der Waals surface area contributed by atoms with Crippen molar-refractivity contribution >= 4 is 28.1 Å². The Balaban J connectivity index is 1.22. The van der Waals surface area contributed by atoms with Gasteiger partial charge in [-0.25, -0.2) is 4.98 Å². The molecule has 3 aromatic carbocycles. The molecule has 1 aliphatic carbocycles. The number of rotatable bonds is 9. The van der Waals surface area contributed by atoms with Crippen molar-refractivity contribution in [3.63, 3.8) is 0 Å². The fourth-order valence-corrected chi connectivity index (χ4v) is 6.06. The van der Waals surface area contributed by atoms with Crippen molar-refractivity contribution in [2.45, 2.75) is 51.1 Å². The maximum atomic E-state index is 11.0. The number of carboxylic acid groups (broad SMARTS) is 1. The van der Waals surface area contributed by atoms with E-state index >= 15 is 0 Å². The van der Waals surface area contributed by atoms with Crippen molar-refractivity contribution in [1.82, 2.24) is 4.98 Å². The van der Waals surface area contributed by atoms with E-state index < -0.39 is 5.97 Å². The quantitative estimate of drug-likeness (QED) is 0.250. The van der Waals surface area contributed by atoms with Gasteiger partial charge in [-0.1, -0.05) is 79.9 Å². The van der Waals surface area contributed by atoms with Gasteiger partial charge in [0.15, 0.2) is 5.13 Å². The van der Waals surface area contributed by atoms with E-state index in [-0.39, 0.29) is 5.56 Å². The van der Waals surface area contributed by atoms with Crippen molar-refractivity contribution in [3.05, 3.63) is 100 Å². The molecule has 0 amide bonds. The Morgan fingerprint density at radius 2 is 1.55 bits per heavy atom. The molecule has 38 heavy (non-hydrogen) atoms. The second kappa shape index (κ2) is 11.8. The lowest BCUT2D eigenvalue weighted by Gasteiger charge is -2.23. The third kappa shape index (κ3) is 6.25. The number of carbonyl (C=O) groups is 1. The van der Waals surface area contributed by atoms with E-state index in [2.05, 4.69) is 70.8 Å². The number of anilines is 2. The van der Waals surface area contributed by atoms with Gasteiger partial charge in [-0.3, -0.25) is 0 Å². The SMILES string of the molecule is CN(Cc1ccc(C2CCCCC2)cc1)c1cccc(-c2csc(N(C)Cc3ccc(C(=O)[O-])cc3)n2)c1. The van der Waals surface area contributed by atoms with Gasteiger partial charge in [0.1, 0.15) is 0 Å². The number of aromatic carboxylic acids is 1. The van der Waals surface area contributed by atoms with Gasteiger partial charge >= 0.3 is 0 Å². The lowest BCUT2D eigenvalue weighted by atomic mass is 9.84. The molecule has 0 spiro atoms. The predicted molar refractivity (Wildman–Crippen MR) is 155 cm³/mol. The molecule has 1 fully saturated rings. The van der Waals surface area contributed by atoms with Crippen LogP contribution in [0.15, 0.2) is 78.2 Å². The van der Waals surface area contributed by atoms with Crippen LogP contribution in [0.3, 0.4) is 0 Å². The number of aromatic nitrogens is 1. The molecule has 0 radical (unpaired) electrons. The number of benzene rings is 3. The molecular weight excluding hydrogens is 490 g/mol. The molecule has 5 nitrogen and oxygen atoms in total. The average Bonchev–Trinajstić information content (AvgIpc) is 3.45. The number of nitrogens with zero attached hydrogens (tertiary/aromatic N) is 3. The lowest BCUT2D eigenvalue weighted by molar-refractivity contribution is -0.255. The van der Waals surface area contributed by atoms with Gasteiger partial charge in [-0.2, -0.15) is 0 Å². The maximum absolute atomic E-state index is 11.0. The van der Waals surface area contributed by atoms with Gasteiger partial charge in [0, 0.05) is 43.8 Å². The Morgan fingerprint density at radius 1 is 0.895 bits per heavy atom. The molecule has 0 saturated heterocycles. The minimum Gasteiger partial charge on any atom is -0.545 e. The molecule has 0 N–H and O–H groups in total. The molecule has 6 heteroatoms. The highest BCUT2D eigenvalue weighted by Gasteiger charge is 2.15. The van der Waals surface area contributed by atoms with Crippen molar-refractivity contribution in [2.75, 3.05) is 23.9 Å². The van der Waals surface area contributed by atoms with Crippen molar-refractivity contribution < 1.29 is 9.90 Å². The zero-order chi connectivity index (χ0) is 26.5. The van der Waals surface area contributed by atoms with E-state index in [0.29, 0.717) is 6.54 Å². The van der Waals surface area contributed by atoms with E-state index in [9.17, 15) is 9.90 Å². The normalized spacial score (nSPS) is 13.8. The largest absolute Gasteiger partial charge is 0.545 e. The summed E-state index contributed by atoms with van der Waals surface area (Å²) in [5, 5.41) is 14.0. The first-order valence-corrected chi connectivity index (χ1v) is 14.2. The summed E-state index contributed by atoms with van der Waals surface area (Å²) in [6, 6.07) is 24.6. The summed E-state index contributed by atoms with van der Waals surface area (Å²) in [7, 11) is 4.14. The molecule has 5 rings (SSSR count). The zero-order valence-electron chi connectivity index (χ0n) is 22.1. The number of hydrogen-bond acceptors (Lipinski definition) is 6. The Hall–Kier alpha value is -3.64. The van der Waals surface area contributed by atoms with Crippen LogP contribution in [-0.4, -0.2) is 25.0 Å². The fraction of sp³-hybridized carbons (Fsp3) is 0.312. The summed E-state index contributed by atoms with van der Waals surface area (Å²) < 4.78 is 0. The van der Waals surface area contributed by atoms with Crippen LogP contribution in [0.1, 0.15) is 65.1 Å². The first kappa shape index (κ1) is 26.0. The Kier molecular flexibility index (Phi) is 8.08. The minimum absolute atomic E-state index is 0.189. The molecule has 1 aliphatic rings. The summed E-state index contributed by atoms with van der Waals surface area (Å²) >= 11 is 1.61. The molecule has 196 valence electrons. The van der Waals surface area contributed by atoms with E-state index in [1.54, 1.807) is 23.5 Å². The lowest BCUT2D eigenvalue weighted by Crippen LogP contribution is -2.22. The highest BCUT2D eigenvalue weighted by Crippen LogP contribution is 2.33. The van der Waals surface area contributed by atoms with Crippen LogP contribution in [0.25, 0.3) is 11.3 Å². The highest BCUT2D eigenvalue weighted by atomic mass is 32.1. The van der Waals surface area contributed by atoms with E-state index in [4.69, 9.17) is 4.98 Å². The van der Waals surface area contributed by atoms with Gasteiger partial charge in [0.25, 0.3) is 0 Å². The van der Waals surface area contributed by atoms with Gasteiger partial charge in [-0.15, -0.1) is 11.3 Å². The first-order valence-electron chi connectivity index (χ1n) is 13.3. The zero-order valence-corrected chi connectivity index (χ0v) is 22.9. The summed E-state index contributed by atoms with van der Waals surface area (Å²) in [4.78, 5) is 20.2. The summed E-state index contributed by atoms with van der Waals surface area (Å²) in [6.07, 6.45) is 6.78.